The van der Waals surface area contributed by atoms with Gasteiger partial charge in [-0.05, 0) is 32.3 Å². The summed E-state index contributed by atoms with van der Waals surface area (Å²) in [6.45, 7) is 1.64. The molecule has 0 aliphatic heterocycles. The van der Waals surface area contributed by atoms with Gasteiger partial charge in [0.2, 0.25) is 0 Å². The monoisotopic (exact) mass is 197 g/mol. The van der Waals surface area contributed by atoms with Crippen LogP contribution in [-0.4, -0.2) is 32.1 Å². The maximum absolute atomic E-state index is 12.8. The summed E-state index contributed by atoms with van der Waals surface area (Å²) in [7, 11) is 3.97. The first-order valence-electron chi connectivity index (χ1n) is 4.53. The Morgan fingerprint density at radius 2 is 2.14 bits per heavy atom. The fraction of sp³-hybridized carbons (Fsp3) is 0.400. The van der Waals surface area contributed by atoms with Gasteiger partial charge in [-0.25, -0.2) is 4.39 Å². The van der Waals surface area contributed by atoms with Crippen LogP contribution in [0.3, 0.4) is 0 Å². The summed E-state index contributed by atoms with van der Waals surface area (Å²) in [5.74, 6) is -0.272. The Hall–Kier alpha value is -1.29. The zero-order valence-electron chi connectivity index (χ0n) is 8.55. The van der Waals surface area contributed by atoms with Crippen molar-refractivity contribution in [2.24, 2.45) is 0 Å². The van der Waals surface area contributed by atoms with Crippen molar-refractivity contribution in [1.82, 2.24) is 4.90 Å². The number of nitrogens with one attached hydrogen (secondary N) is 1. The highest BCUT2D eigenvalue weighted by Crippen LogP contribution is 2.18. The van der Waals surface area contributed by atoms with E-state index in [4.69, 9.17) is 5.73 Å². The van der Waals surface area contributed by atoms with Gasteiger partial charge in [-0.2, -0.15) is 0 Å². The number of rotatable bonds is 4. The molecule has 0 aliphatic carbocycles. The number of nitrogens with zero attached hydrogens (tertiary/aromatic N) is 1. The molecule has 1 aromatic carbocycles. The molecule has 0 aromatic heterocycles. The maximum atomic E-state index is 12.8. The van der Waals surface area contributed by atoms with Crippen molar-refractivity contribution in [3.8, 4) is 0 Å². The van der Waals surface area contributed by atoms with Crippen LogP contribution in [0.25, 0.3) is 0 Å². The highest BCUT2D eigenvalue weighted by Gasteiger charge is 1.99. The van der Waals surface area contributed by atoms with Crippen molar-refractivity contribution in [2.75, 3.05) is 38.2 Å². The second-order valence-corrected chi connectivity index (χ2v) is 3.46. The highest BCUT2D eigenvalue weighted by atomic mass is 19.1. The number of anilines is 2. The lowest BCUT2D eigenvalue weighted by atomic mass is 10.2. The predicted molar refractivity (Wildman–Crippen MR) is 57.9 cm³/mol. The van der Waals surface area contributed by atoms with Crippen molar-refractivity contribution in [3.63, 3.8) is 0 Å². The second-order valence-electron chi connectivity index (χ2n) is 3.46. The molecule has 0 saturated carbocycles. The fourth-order valence-corrected chi connectivity index (χ4v) is 1.10. The molecule has 0 spiro atoms. The molecule has 1 aromatic rings. The molecule has 3 nitrogen and oxygen atoms in total. The summed E-state index contributed by atoms with van der Waals surface area (Å²) in [5, 5.41) is 3.08. The van der Waals surface area contributed by atoms with Crippen molar-refractivity contribution in [3.05, 3.63) is 24.0 Å². The standard InChI is InChI=1S/C10H16FN3/c1-14(2)6-5-13-10-7-8(11)3-4-9(10)12/h3-4,7,13H,5-6,12H2,1-2H3. The highest BCUT2D eigenvalue weighted by molar-refractivity contribution is 5.65. The molecular formula is C10H16FN3. The minimum absolute atomic E-state index is 0.272. The largest absolute Gasteiger partial charge is 0.397 e. The van der Waals surface area contributed by atoms with Gasteiger partial charge in [-0.15, -0.1) is 0 Å². The lowest BCUT2D eigenvalue weighted by Gasteiger charge is -2.12. The summed E-state index contributed by atoms with van der Waals surface area (Å²) in [5.41, 5.74) is 6.90. The van der Waals surface area contributed by atoms with Crippen LogP contribution >= 0.6 is 0 Å². The lowest BCUT2D eigenvalue weighted by molar-refractivity contribution is 0.425. The molecule has 0 radical (unpaired) electrons. The molecule has 0 unspecified atom stereocenters. The van der Waals surface area contributed by atoms with E-state index >= 15 is 0 Å². The van der Waals surface area contributed by atoms with Gasteiger partial charge in [-0.1, -0.05) is 0 Å². The zero-order valence-corrected chi connectivity index (χ0v) is 8.55. The minimum Gasteiger partial charge on any atom is -0.397 e. The van der Waals surface area contributed by atoms with Crippen LogP contribution < -0.4 is 11.1 Å². The van der Waals surface area contributed by atoms with Crippen LogP contribution in [-0.2, 0) is 0 Å². The Morgan fingerprint density at radius 3 is 2.79 bits per heavy atom. The van der Waals surface area contributed by atoms with Crippen molar-refractivity contribution >= 4 is 11.4 Å². The summed E-state index contributed by atoms with van der Waals surface area (Å²) in [6.07, 6.45) is 0. The van der Waals surface area contributed by atoms with Gasteiger partial charge in [0.1, 0.15) is 5.82 Å². The van der Waals surface area contributed by atoms with Gasteiger partial charge < -0.3 is 16.0 Å². The first kappa shape index (κ1) is 10.8. The Bertz CT molecular complexity index is 299. The molecule has 78 valence electrons. The van der Waals surface area contributed by atoms with E-state index in [9.17, 15) is 4.39 Å². The average Bonchev–Trinajstić information content (AvgIpc) is 2.10. The molecule has 14 heavy (non-hydrogen) atoms. The van der Waals surface area contributed by atoms with E-state index in [0.29, 0.717) is 11.4 Å². The number of nitrogen functional groups attached to an aromatic ring is 1. The first-order chi connectivity index (χ1) is 6.59. The molecule has 1 rings (SSSR count). The molecule has 0 bridgehead atoms. The summed E-state index contributed by atoms with van der Waals surface area (Å²) in [6, 6.07) is 4.32. The lowest BCUT2D eigenvalue weighted by Crippen LogP contribution is -2.21. The van der Waals surface area contributed by atoms with Crippen LogP contribution in [0.15, 0.2) is 18.2 Å². The minimum atomic E-state index is -0.272. The number of hydrogen-bond donors (Lipinski definition) is 2. The van der Waals surface area contributed by atoms with Crippen LogP contribution in [0.5, 0.6) is 0 Å². The van der Waals surface area contributed by atoms with Gasteiger partial charge in [0.15, 0.2) is 0 Å². The Balaban J connectivity index is 2.53. The molecule has 0 atom stereocenters. The molecular weight excluding hydrogens is 181 g/mol. The smallest absolute Gasteiger partial charge is 0.125 e. The van der Waals surface area contributed by atoms with E-state index in [2.05, 4.69) is 5.32 Å². The average molecular weight is 197 g/mol. The van der Waals surface area contributed by atoms with E-state index in [1.165, 1.54) is 12.1 Å². The van der Waals surface area contributed by atoms with Crippen LogP contribution in [0.4, 0.5) is 15.8 Å². The van der Waals surface area contributed by atoms with Crippen molar-refractivity contribution < 1.29 is 4.39 Å². The number of hydrogen-bond acceptors (Lipinski definition) is 3. The topological polar surface area (TPSA) is 41.3 Å². The van der Waals surface area contributed by atoms with E-state index in [1.54, 1.807) is 6.07 Å². The molecule has 0 heterocycles. The summed E-state index contributed by atoms with van der Waals surface area (Å²) >= 11 is 0. The summed E-state index contributed by atoms with van der Waals surface area (Å²) < 4.78 is 12.8. The molecule has 0 saturated heterocycles. The van der Waals surface area contributed by atoms with Gasteiger partial charge in [-0.3, -0.25) is 0 Å². The number of benzene rings is 1. The predicted octanol–water partition coefficient (Wildman–Crippen LogP) is 1.38. The number of nitrogens with two attached hydrogens (primary N) is 1. The van der Waals surface area contributed by atoms with Gasteiger partial charge in [0.05, 0.1) is 11.4 Å². The summed E-state index contributed by atoms with van der Waals surface area (Å²) in [4.78, 5) is 2.04. The third kappa shape index (κ3) is 3.22. The third-order valence-electron chi connectivity index (χ3n) is 1.89. The van der Waals surface area contributed by atoms with E-state index in [-0.39, 0.29) is 5.82 Å². The maximum Gasteiger partial charge on any atom is 0.125 e. The fourth-order valence-electron chi connectivity index (χ4n) is 1.10. The first-order valence-corrected chi connectivity index (χ1v) is 4.53. The van der Waals surface area contributed by atoms with Crippen LogP contribution in [0.1, 0.15) is 0 Å². The third-order valence-corrected chi connectivity index (χ3v) is 1.89. The SMILES string of the molecule is CN(C)CCNc1cc(F)ccc1N. The van der Waals surface area contributed by atoms with E-state index < -0.39 is 0 Å². The molecule has 4 heteroatoms. The quantitative estimate of drug-likeness (QED) is 0.716. The number of halogens is 1. The van der Waals surface area contributed by atoms with Crippen molar-refractivity contribution in [1.29, 1.82) is 0 Å². The van der Waals surface area contributed by atoms with E-state index in [0.717, 1.165) is 13.1 Å². The second kappa shape index (κ2) is 4.81. The number of likely N-dealkylation sites (N-methyl/N-ethyl adjacent to an activating group) is 1. The molecule has 0 aliphatic rings. The normalized spacial score (nSPS) is 10.6. The van der Waals surface area contributed by atoms with Crippen LogP contribution in [0, 0.1) is 5.82 Å². The Morgan fingerprint density at radius 1 is 1.43 bits per heavy atom. The molecule has 3 N–H and O–H groups in total. The Kier molecular flexibility index (Phi) is 3.71. The van der Waals surface area contributed by atoms with Gasteiger partial charge >= 0.3 is 0 Å². The Labute approximate surface area is 83.7 Å². The molecule has 0 fully saturated rings. The van der Waals surface area contributed by atoms with Crippen molar-refractivity contribution in [2.45, 2.75) is 0 Å². The van der Waals surface area contributed by atoms with Gasteiger partial charge in [0.25, 0.3) is 0 Å². The van der Waals surface area contributed by atoms with E-state index in [1.807, 2.05) is 19.0 Å². The van der Waals surface area contributed by atoms with Gasteiger partial charge in [0, 0.05) is 13.1 Å². The zero-order chi connectivity index (χ0) is 10.6. The molecule has 0 amide bonds. The van der Waals surface area contributed by atoms with Crippen LogP contribution in [0.2, 0.25) is 0 Å².